The second kappa shape index (κ2) is 5.25. The Bertz CT molecular complexity index is 585. The lowest BCUT2D eigenvalue weighted by atomic mass is 10.0. The van der Waals surface area contributed by atoms with E-state index in [0.717, 1.165) is 0 Å². The van der Waals surface area contributed by atoms with Crippen LogP contribution in [-0.2, 0) is 14.6 Å². The van der Waals surface area contributed by atoms with Crippen LogP contribution in [0.3, 0.4) is 0 Å². The van der Waals surface area contributed by atoms with Crippen molar-refractivity contribution in [2.24, 2.45) is 0 Å². The van der Waals surface area contributed by atoms with Crippen molar-refractivity contribution in [2.45, 2.75) is 23.2 Å². The van der Waals surface area contributed by atoms with E-state index < -0.39 is 15.4 Å². The maximum absolute atomic E-state index is 11.8. The van der Waals surface area contributed by atoms with Crippen LogP contribution in [0.25, 0.3) is 0 Å². The molecule has 0 saturated carbocycles. The second-order valence-electron chi connectivity index (χ2n) is 4.65. The number of carbonyl (C=O) groups excluding carboxylic acids is 1. The number of nitrogens with two attached hydrogens (primary N) is 1. The van der Waals surface area contributed by atoms with Gasteiger partial charge in [0.15, 0.2) is 14.2 Å². The minimum Gasteiger partial charge on any atom is -0.374 e. The number of thioether (sulfide) groups is 1. The zero-order chi connectivity index (χ0) is 14.1. The van der Waals surface area contributed by atoms with Gasteiger partial charge in [0, 0.05) is 0 Å². The van der Waals surface area contributed by atoms with Gasteiger partial charge in [0.05, 0.1) is 22.8 Å². The minimum absolute atomic E-state index is 0.00215. The number of nitrogen functional groups attached to an aromatic ring is 1. The molecule has 1 aromatic rings. The maximum Gasteiger partial charge on any atom is 0.230 e. The van der Waals surface area contributed by atoms with Crippen molar-refractivity contribution < 1.29 is 13.2 Å². The smallest absolute Gasteiger partial charge is 0.230 e. The van der Waals surface area contributed by atoms with Crippen LogP contribution in [0, 0.1) is 0 Å². The van der Waals surface area contributed by atoms with Gasteiger partial charge in [0.25, 0.3) is 0 Å². The molecular formula is C9H14N4O3S3. The Labute approximate surface area is 119 Å². The molecule has 3 N–H and O–H groups in total. The zero-order valence-electron chi connectivity index (χ0n) is 10.2. The Morgan fingerprint density at radius 2 is 2.32 bits per heavy atom. The highest BCUT2D eigenvalue weighted by Crippen LogP contribution is 2.25. The fourth-order valence-electron chi connectivity index (χ4n) is 1.89. The van der Waals surface area contributed by atoms with Gasteiger partial charge < -0.3 is 11.1 Å². The van der Waals surface area contributed by atoms with Crippen LogP contribution in [0.15, 0.2) is 4.34 Å². The van der Waals surface area contributed by atoms with Crippen molar-refractivity contribution in [2.75, 3.05) is 23.0 Å². The van der Waals surface area contributed by atoms with Crippen LogP contribution < -0.4 is 11.1 Å². The molecule has 2 rings (SSSR count). The van der Waals surface area contributed by atoms with Crippen LogP contribution >= 0.6 is 23.1 Å². The molecule has 0 aromatic carbocycles. The van der Waals surface area contributed by atoms with Gasteiger partial charge >= 0.3 is 0 Å². The predicted molar refractivity (Wildman–Crippen MR) is 74.9 cm³/mol. The summed E-state index contributed by atoms with van der Waals surface area (Å²) in [6.45, 7) is 1.75. The molecule has 0 aliphatic carbocycles. The third-order valence-corrected chi connectivity index (χ3v) is 6.48. The number of nitrogens with one attached hydrogen (secondary N) is 1. The molecule has 0 spiro atoms. The van der Waals surface area contributed by atoms with Crippen LogP contribution in [0.1, 0.15) is 13.3 Å². The van der Waals surface area contributed by atoms with E-state index in [1.54, 1.807) is 6.92 Å². The molecule has 1 unspecified atom stereocenters. The van der Waals surface area contributed by atoms with Gasteiger partial charge in [-0.15, -0.1) is 10.2 Å². The topological polar surface area (TPSA) is 115 Å². The van der Waals surface area contributed by atoms with Gasteiger partial charge in [0.2, 0.25) is 11.0 Å². The molecule has 7 nitrogen and oxygen atoms in total. The SMILES string of the molecule is CC1(NC(=O)CSc2nnc(N)s2)CCS(=O)(=O)C1. The van der Waals surface area contributed by atoms with E-state index in [-0.39, 0.29) is 23.2 Å². The van der Waals surface area contributed by atoms with E-state index in [0.29, 0.717) is 15.9 Å². The van der Waals surface area contributed by atoms with Crippen molar-refractivity contribution in [1.29, 1.82) is 0 Å². The first-order chi connectivity index (χ1) is 8.78. The van der Waals surface area contributed by atoms with E-state index in [1.807, 2.05) is 0 Å². The zero-order valence-corrected chi connectivity index (χ0v) is 12.7. The van der Waals surface area contributed by atoms with Gasteiger partial charge in [0.1, 0.15) is 0 Å². The summed E-state index contributed by atoms with van der Waals surface area (Å²) in [5, 5.41) is 10.6. The van der Waals surface area contributed by atoms with Gasteiger partial charge in [-0.3, -0.25) is 4.79 Å². The Morgan fingerprint density at radius 3 is 2.84 bits per heavy atom. The summed E-state index contributed by atoms with van der Waals surface area (Å²) in [7, 11) is -3.02. The molecule has 106 valence electrons. The highest BCUT2D eigenvalue weighted by Gasteiger charge is 2.39. The molecule has 19 heavy (non-hydrogen) atoms. The number of amides is 1. The van der Waals surface area contributed by atoms with E-state index in [1.165, 1.54) is 23.1 Å². The fourth-order valence-corrected chi connectivity index (χ4v) is 5.42. The molecular weight excluding hydrogens is 308 g/mol. The largest absolute Gasteiger partial charge is 0.374 e. The van der Waals surface area contributed by atoms with Crippen molar-refractivity contribution in [3.05, 3.63) is 0 Å². The Kier molecular flexibility index (Phi) is 4.02. The standard InChI is InChI=1S/C9H14N4O3S3/c1-9(2-3-19(15,16)5-9)11-6(14)4-17-8-13-12-7(10)18-8/h2-5H2,1H3,(H2,10,12)(H,11,14). The lowest BCUT2D eigenvalue weighted by Crippen LogP contribution is -2.47. The van der Waals surface area contributed by atoms with Gasteiger partial charge in [-0.2, -0.15) is 0 Å². The summed E-state index contributed by atoms with van der Waals surface area (Å²) in [4.78, 5) is 11.8. The average Bonchev–Trinajstić information content (AvgIpc) is 2.80. The van der Waals surface area contributed by atoms with Gasteiger partial charge in [-0.1, -0.05) is 23.1 Å². The molecule has 1 atom stereocenters. The highest BCUT2D eigenvalue weighted by atomic mass is 32.2. The first-order valence-electron chi connectivity index (χ1n) is 5.51. The predicted octanol–water partition coefficient (Wildman–Crippen LogP) is -0.0942. The van der Waals surface area contributed by atoms with E-state index in [9.17, 15) is 13.2 Å². The third-order valence-electron chi connectivity index (χ3n) is 2.69. The first-order valence-corrected chi connectivity index (χ1v) is 9.14. The summed E-state index contributed by atoms with van der Waals surface area (Å²) >= 11 is 2.45. The van der Waals surface area contributed by atoms with Gasteiger partial charge in [-0.25, -0.2) is 8.42 Å². The Balaban J connectivity index is 1.85. The van der Waals surface area contributed by atoms with Crippen molar-refractivity contribution >= 4 is 44.0 Å². The molecule has 2 heterocycles. The number of carbonyl (C=O) groups is 1. The Hall–Kier alpha value is -0.870. The number of anilines is 1. The number of rotatable bonds is 4. The lowest BCUT2D eigenvalue weighted by molar-refractivity contribution is -0.120. The van der Waals surface area contributed by atoms with Gasteiger partial charge in [-0.05, 0) is 13.3 Å². The summed E-state index contributed by atoms with van der Waals surface area (Å²) in [5.41, 5.74) is 4.78. The van der Waals surface area contributed by atoms with Crippen molar-refractivity contribution in [1.82, 2.24) is 15.5 Å². The van der Waals surface area contributed by atoms with Crippen LogP contribution in [0.2, 0.25) is 0 Å². The summed E-state index contributed by atoms with van der Waals surface area (Å²) in [5.74, 6) is 0.0920. The summed E-state index contributed by atoms with van der Waals surface area (Å²) < 4.78 is 23.5. The minimum atomic E-state index is -3.02. The maximum atomic E-state index is 11.8. The molecule has 1 fully saturated rings. The van der Waals surface area contributed by atoms with E-state index >= 15 is 0 Å². The number of hydrogen-bond acceptors (Lipinski definition) is 8. The third kappa shape index (κ3) is 4.05. The molecule has 0 radical (unpaired) electrons. The molecule has 10 heteroatoms. The Morgan fingerprint density at radius 1 is 1.58 bits per heavy atom. The van der Waals surface area contributed by atoms with Crippen molar-refractivity contribution in [3.8, 4) is 0 Å². The lowest BCUT2D eigenvalue weighted by Gasteiger charge is -2.23. The second-order valence-corrected chi connectivity index (χ2v) is 9.06. The quantitative estimate of drug-likeness (QED) is 0.744. The molecule has 1 saturated heterocycles. The highest BCUT2D eigenvalue weighted by molar-refractivity contribution is 8.01. The number of hydrogen-bond donors (Lipinski definition) is 2. The normalized spacial score (nSPS) is 25.3. The fraction of sp³-hybridized carbons (Fsp3) is 0.667. The number of sulfone groups is 1. The van der Waals surface area contributed by atoms with E-state index in [4.69, 9.17) is 5.73 Å². The molecule has 1 aliphatic rings. The van der Waals surface area contributed by atoms with Crippen LogP contribution in [-0.4, -0.2) is 47.3 Å². The number of nitrogens with zero attached hydrogens (tertiary/aromatic N) is 2. The summed E-state index contributed by atoms with van der Waals surface area (Å²) in [6, 6.07) is 0. The monoisotopic (exact) mass is 322 g/mol. The average molecular weight is 322 g/mol. The van der Waals surface area contributed by atoms with Crippen LogP contribution in [0.4, 0.5) is 5.13 Å². The summed E-state index contributed by atoms with van der Waals surface area (Å²) in [6.07, 6.45) is 0.456. The molecule has 1 amide bonds. The van der Waals surface area contributed by atoms with Crippen molar-refractivity contribution in [3.63, 3.8) is 0 Å². The molecule has 1 aliphatic heterocycles. The number of aromatic nitrogens is 2. The molecule has 0 bridgehead atoms. The van der Waals surface area contributed by atoms with E-state index in [2.05, 4.69) is 15.5 Å². The van der Waals surface area contributed by atoms with Crippen LogP contribution in [0.5, 0.6) is 0 Å². The first kappa shape index (κ1) is 14.5. The molecule has 1 aromatic heterocycles.